The van der Waals surface area contributed by atoms with Crippen LogP contribution in [0.4, 0.5) is 0 Å². The number of hydrogen-bond acceptors (Lipinski definition) is 3. The number of pyridine rings is 1. The Balaban J connectivity index is 1.71. The third kappa shape index (κ3) is 3.40. The summed E-state index contributed by atoms with van der Waals surface area (Å²) in [7, 11) is 0. The van der Waals surface area contributed by atoms with E-state index in [1.165, 1.54) is 16.8 Å². The first-order valence-corrected chi connectivity index (χ1v) is 6.39. The SMILES string of the molecule is Cc1[nH]ncc1CCCNC(C)c1ccncc1. The van der Waals surface area contributed by atoms with Crippen molar-refractivity contribution < 1.29 is 0 Å². The van der Waals surface area contributed by atoms with Gasteiger partial charge in [0.15, 0.2) is 0 Å². The predicted molar refractivity (Wildman–Crippen MR) is 72.3 cm³/mol. The van der Waals surface area contributed by atoms with Gasteiger partial charge >= 0.3 is 0 Å². The molecule has 0 amide bonds. The van der Waals surface area contributed by atoms with Crippen LogP contribution < -0.4 is 5.32 Å². The molecule has 0 aliphatic heterocycles. The van der Waals surface area contributed by atoms with Gasteiger partial charge in [-0.05, 0) is 56.5 Å². The zero-order valence-corrected chi connectivity index (χ0v) is 11.0. The van der Waals surface area contributed by atoms with E-state index in [1.54, 1.807) is 0 Å². The number of H-pyrrole nitrogens is 1. The van der Waals surface area contributed by atoms with Gasteiger partial charge in [0.2, 0.25) is 0 Å². The lowest BCUT2D eigenvalue weighted by Crippen LogP contribution is -2.20. The molecule has 2 rings (SSSR count). The number of nitrogens with one attached hydrogen (secondary N) is 2. The monoisotopic (exact) mass is 244 g/mol. The Morgan fingerprint density at radius 1 is 1.33 bits per heavy atom. The van der Waals surface area contributed by atoms with Gasteiger partial charge in [-0.15, -0.1) is 0 Å². The molecule has 0 aliphatic carbocycles. The standard InChI is InChI=1S/C14H20N4/c1-11(13-5-8-15-9-6-13)16-7-3-4-14-10-17-18-12(14)2/h5-6,8-11,16H,3-4,7H2,1-2H3,(H,17,18). The maximum atomic E-state index is 4.03. The van der Waals surface area contributed by atoms with Crippen LogP contribution in [-0.2, 0) is 6.42 Å². The van der Waals surface area contributed by atoms with E-state index in [2.05, 4.69) is 46.5 Å². The van der Waals surface area contributed by atoms with Crippen molar-refractivity contribution in [3.8, 4) is 0 Å². The van der Waals surface area contributed by atoms with Crippen molar-refractivity contribution in [3.63, 3.8) is 0 Å². The van der Waals surface area contributed by atoms with Crippen LogP contribution in [0.3, 0.4) is 0 Å². The molecule has 2 aromatic heterocycles. The zero-order chi connectivity index (χ0) is 12.8. The minimum absolute atomic E-state index is 0.374. The van der Waals surface area contributed by atoms with Crippen LogP contribution in [0.2, 0.25) is 0 Å². The van der Waals surface area contributed by atoms with E-state index >= 15 is 0 Å². The molecule has 0 fully saturated rings. The summed E-state index contributed by atoms with van der Waals surface area (Å²) >= 11 is 0. The van der Waals surface area contributed by atoms with Gasteiger partial charge in [0.1, 0.15) is 0 Å². The summed E-state index contributed by atoms with van der Waals surface area (Å²) in [6.45, 7) is 5.25. The molecule has 0 aromatic carbocycles. The van der Waals surface area contributed by atoms with Crippen LogP contribution in [0.15, 0.2) is 30.7 Å². The van der Waals surface area contributed by atoms with Gasteiger partial charge in [0.25, 0.3) is 0 Å². The summed E-state index contributed by atoms with van der Waals surface area (Å²) < 4.78 is 0. The van der Waals surface area contributed by atoms with Crippen LogP contribution in [-0.4, -0.2) is 21.7 Å². The number of rotatable bonds is 6. The van der Waals surface area contributed by atoms with E-state index in [1.807, 2.05) is 18.6 Å². The maximum Gasteiger partial charge on any atom is 0.0522 e. The third-order valence-electron chi connectivity index (χ3n) is 3.21. The van der Waals surface area contributed by atoms with E-state index in [0.717, 1.165) is 19.4 Å². The molecular formula is C14H20N4. The number of hydrogen-bond donors (Lipinski definition) is 2. The molecule has 4 heteroatoms. The molecule has 4 nitrogen and oxygen atoms in total. The molecule has 18 heavy (non-hydrogen) atoms. The second kappa shape index (κ2) is 6.31. The van der Waals surface area contributed by atoms with Gasteiger partial charge < -0.3 is 5.32 Å². The highest BCUT2D eigenvalue weighted by Gasteiger charge is 2.04. The molecular weight excluding hydrogens is 224 g/mol. The molecule has 0 radical (unpaired) electrons. The van der Waals surface area contributed by atoms with Gasteiger partial charge in [-0.2, -0.15) is 5.10 Å². The average Bonchev–Trinajstić information content (AvgIpc) is 2.81. The molecule has 0 saturated carbocycles. The summed E-state index contributed by atoms with van der Waals surface area (Å²) in [6.07, 6.45) is 7.78. The Kier molecular flexibility index (Phi) is 4.47. The second-order valence-electron chi connectivity index (χ2n) is 4.58. The Morgan fingerprint density at radius 3 is 2.78 bits per heavy atom. The first-order chi connectivity index (χ1) is 8.77. The molecule has 96 valence electrons. The Bertz CT molecular complexity index is 464. The van der Waals surface area contributed by atoms with Crippen LogP contribution in [0, 0.1) is 6.92 Å². The lowest BCUT2D eigenvalue weighted by atomic mass is 10.1. The Labute approximate surface area is 108 Å². The molecule has 0 bridgehead atoms. The second-order valence-corrected chi connectivity index (χ2v) is 4.58. The highest BCUT2D eigenvalue weighted by molar-refractivity contribution is 5.15. The Hall–Kier alpha value is -1.68. The summed E-state index contributed by atoms with van der Waals surface area (Å²) in [6, 6.07) is 4.48. The molecule has 2 N–H and O–H groups in total. The minimum atomic E-state index is 0.374. The van der Waals surface area contributed by atoms with Crippen LogP contribution >= 0.6 is 0 Å². The quantitative estimate of drug-likeness (QED) is 0.767. The number of aryl methyl sites for hydroxylation is 2. The van der Waals surface area contributed by atoms with Crippen molar-refractivity contribution in [2.24, 2.45) is 0 Å². The Morgan fingerprint density at radius 2 is 2.11 bits per heavy atom. The number of nitrogens with zero attached hydrogens (tertiary/aromatic N) is 2. The average molecular weight is 244 g/mol. The van der Waals surface area contributed by atoms with Crippen molar-refractivity contribution in [1.29, 1.82) is 0 Å². The van der Waals surface area contributed by atoms with Crippen molar-refractivity contribution in [2.45, 2.75) is 32.7 Å². The van der Waals surface area contributed by atoms with Crippen molar-refractivity contribution >= 4 is 0 Å². The first kappa shape index (κ1) is 12.8. The van der Waals surface area contributed by atoms with E-state index in [9.17, 15) is 0 Å². The van der Waals surface area contributed by atoms with Crippen LogP contribution in [0.25, 0.3) is 0 Å². The maximum absolute atomic E-state index is 4.03. The van der Waals surface area contributed by atoms with E-state index in [4.69, 9.17) is 0 Å². The van der Waals surface area contributed by atoms with E-state index in [-0.39, 0.29) is 0 Å². The van der Waals surface area contributed by atoms with E-state index < -0.39 is 0 Å². The normalized spacial score (nSPS) is 12.6. The minimum Gasteiger partial charge on any atom is -0.310 e. The van der Waals surface area contributed by atoms with E-state index in [0.29, 0.717) is 6.04 Å². The van der Waals surface area contributed by atoms with Gasteiger partial charge in [-0.25, -0.2) is 0 Å². The molecule has 0 saturated heterocycles. The number of aromatic amines is 1. The van der Waals surface area contributed by atoms with Gasteiger partial charge in [0.05, 0.1) is 6.20 Å². The smallest absolute Gasteiger partial charge is 0.0522 e. The lowest BCUT2D eigenvalue weighted by Gasteiger charge is -2.13. The summed E-state index contributed by atoms with van der Waals surface area (Å²) in [5.41, 5.74) is 3.77. The van der Waals surface area contributed by atoms with Crippen molar-refractivity contribution in [2.75, 3.05) is 6.54 Å². The molecule has 1 atom stereocenters. The summed E-state index contributed by atoms with van der Waals surface area (Å²) in [4.78, 5) is 4.03. The molecule has 1 unspecified atom stereocenters. The molecule has 0 spiro atoms. The van der Waals surface area contributed by atoms with Crippen molar-refractivity contribution in [1.82, 2.24) is 20.5 Å². The molecule has 2 heterocycles. The third-order valence-corrected chi connectivity index (χ3v) is 3.21. The fourth-order valence-corrected chi connectivity index (χ4v) is 2.00. The zero-order valence-electron chi connectivity index (χ0n) is 11.0. The summed E-state index contributed by atoms with van der Waals surface area (Å²) in [5.74, 6) is 0. The number of aromatic nitrogens is 3. The van der Waals surface area contributed by atoms with Gasteiger partial charge in [0, 0.05) is 24.1 Å². The molecule has 0 aliphatic rings. The first-order valence-electron chi connectivity index (χ1n) is 6.39. The lowest BCUT2D eigenvalue weighted by molar-refractivity contribution is 0.557. The highest BCUT2D eigenvalue weighted by atomic mass is 15.1. The van der Waals surface area contributed by atoms with Gasteiger partial charge in [-0.1, -0.05) is 0 Å². The molecule has 2 aromatic rings. The predicted octanol–water partition coefficient (Wildman–Crippen LogP) is 2.40. The highest BCUT2D eigenvalue weighted by Crippen LogP contribution is 2.10. The fourth-order valence-electron chi connectivity index (χ4n) is 2.00. The van der Waals surface area contributed by atoms with Crippen LogP contribution in [0.5, 0.6) is 0 Å². The largest absolute Gasteiger partial charge is 0.310 e. The van der Waals surface area contributed by atoms with Crippen molar-refractivity contribution in [3.05, 3.63) is 47.5 Å². The fraction of sp³-hybridized carbons (Fsp3) is 0.429. The van der Waals surface area contributed by atoms with Crippen LogP contribution in [0.1, 0.15) is 36.2 Å². The topological polar surface area (TPSA) is 53.6 Å². The summed E-state index contributed by atoms with van der Waals surface area (Å²) in [5, 5.41) is 10.5. The van der Waals surface area contributed by atoms with Gasteiger partial charge in [-0.3, -0.25) is 10.1 Å².